The Morgan fingerprint density at radius 2 is 1.70 bits per heavy atom. The molecule has 0 bridgehead atoms. The average molecular weight is 306 g/mol. The van der Waals surface area contributed by atoms with Gasteiger partial charge in [0.25, 0.3) is 11.8 Å². The van der Waals surface area contributed by atoms with Crippen LogP contribution in [0.25, 0.3) is 0 Å². The van der Waals surface area contributed by atoms with Gasteiger partial charge in [0.15, 0.2) is 0 Å². The molecule has 0 aromatic heterocycles. The standard InChI is InChI=1S/C19H18N2O2/c1-4-9-20-19(23)16-7-5-6-8-17(16)21-18(22)15-11-13(2)10-14(3)12-15/h1,5-8,10-12H,9H2,2-3H3,(H,20,23)(H,21,22). The molecule has 4 heteroatoms. The van der Waals surface area contributed by atoms with E-state index in [4.69, 9.17) is 6.42 Å². The Hall–Kier alpha value is -3.06. The summed E-state index contributed by atoms with van der Waals surface area (Å²) in [6.07, 6.45) is 5.14. The molecule has 2 rings (SSSR count). The molecule has 23 heavy (non-hydrogen) atoms. The van der Waals surface area contributed by atoms with Gasteiger partial charge in [-0.05, 0) is 38.1 Å². The minimum absolute atomic E-state index is 0.137. The van der Waals surface area contributed by atoms with Crippen molar-refractivity contribution >= 4 is 17.5 Å². The molecule has 2 aromatic rings. The van der Waals surface area contributed by atoms with E-state index in [0.717, 1.165) is 11.1 Å². The lowest BCUT2D eigenvalue weighted by Gasteiger charge is -2.11. The number of carbonyl (C=O) groups is 2. The van der Waals surface area contributed by atoms with Crippen LogP contribution in [0.4, 0.5) is 5.69 Å². The second-order valence-electron chi connectivity index (χ2n) is 5.26. The number of anilines is 1. The summed E-state index contributed by atoms with van der Waals surface area (Å²) in [6.45, 7) is 4.01. The van der Waals surface area contributed by atoms with E-state index < -0.39 is 0 Å². The molecule has 0 saturated carbocycles. The first-order chi connectivity index (χ1) is 11.0. The van der Waals surface area contributed by atoms with E-state index in [1.54, 1.807) is 24.3 Å². The van der Waals surface area contributed by atoms with Crippen LogP contribution in [-0.4, -0.2) is 18.4 Å². The molecule has 0 aliphatic rings. The molecule has 0 spiro atoms. The van der Waals surface area contributed by atoms with Crippen LogP contribution in [0, 0.1) is 26.2 Å². The third kappa shape index (κ3) is 4.21. The summed E-state index contributed by atoms with van der Waals surface area (Å²) in [7, 11) is 0. The smallest absolute Gasteiger partial charge is 0.255 e. The molecule has 2 amide bonds. The fourth-order valence-corrected chi connectivity index (χ4v) is 2.32. The molecule has 0 heterocycles. The van der Waals surface area contributed by atoms with Gasteiger partial charge in [0.05, 0.1) is 17.8 Å². The molecule has 116 valence electrons. The van der Waals surface area contributed by atoms with E-state index in [1.165, 1.54) is 0 Å². The Bertz CT molecular complexity index is 768. The van der Waals surface area contributed by atoms with E-state index >= 15 is 0 Å². The maximum absolute atomic E-state index is 12.4. The predicted molar refractivity (Wildman–Crippen MR) is 91.5 cm³/mol. The molecular weight excluding hydrogens is 288 g/mol. The molecule has 0 aliphatic carbocycles. The van der Waals surface area contributed by atoms with Crippen molar-refractivity contribution in [1.82, 2.24) is 5.32 Å². The third-order valence-electron chi connectivity index (χ3n) is 3.25. The van der Waals surface area contributed by atoms with Gasteiger partial charge in [0.1, 0.15) is 0 Å². The number of rotatable bonds is 4. The van der Waals surface area contributed by atoms with Crippen LogP contribution in [0.2, 0.25) is 0 Å². The Balaban J connectivity index is 2.24. The third-order valence-corrected chi connectivity index (χ3v) is 3.25. The molecule has 0 aliphatic heterocycles. The zero-order chi connectivity index (χ0) is 16.8. The molecule has 4 nitrogen and oxygen atoms in total. The number of aryl methyl sites for hydroxylation is 2. The van der Waals surface area contributed by atoms with Gasteiger partial charge in [-0.2, -0.15) is 0 Å². The van der Waals surface area contributed by atoms with Gasteiger partial charge in [-0.3, -0.25) is 9.59 Å². The normalized spacial score (nSPS) is 9.78. The second kappa shape index (κ2) is 7.28. The fraction of sp³-hybridized carbons (Fsp3) is 0.158. The molecule has 0 atom stereocenters. The number of carbonyl (C=O) groups excluding carboxylic acids is 2. The van der Waals surface area contributed by atoms with Crippen molar-refractivity contribution in [3.8, 4) is 12.3 Å². The van der Waals surface area contributed by atoms with Crippen LogP contribution in [0.5, 0.6) is 0 Å². The van der Waals surface area contributed by atoms with E-state index in [-0.39, 0.29) is 18.4 Å². The SMILES string of the molecule is C#CCNC(=O)c1ccccc1NC(=O)c1cc(C)cc(C)c1. The summed E-state index contributed by atoms with van der Waals surface area (Å²) in [5, 5.41) is 5.38. The number of amides is 2. The second-order valence-corrected chi connectivity index (χ2v) is 5.26. The molecule has 0 radical (unpaired) electrons. The average Bonchev–Trinajstić information content (AvgIpc) is 2.52. The number of terminal acetylenes is 1. The van der Waals surface area contributed by atoms with Crippen molar-refractivity contribution < 1.29 is 9.59 Å². The topological polar surface area (TPSA) is 58.2 Å². The first-order valence-electron chi connectivity index (χ1n) is 7.21. The van der Waals surface area contributed by atoms with Gasteiger partial charge in [-0.1, -0.05) is 35.2 Å². The lowest BCUT2D eigenvalue weighted by molar-refractivity contribution is 0.0959. The quantitative estimate of drug-likeness (QED) is 0.853. The zero-order valence-corrected chi connectivity index (χ0v) is 13.1. The van der Waals surface area contributed by atoms with Gasteiger partial charge in [-0.25, -0.2) is 0 Å². The van der Waals surface area contributed by atoms with Crippen molar-refractivity contribution in [2.45, 2.75) is 13.8 Å². The van der Waals surface area contributed by atoms with Crippen molar-refractivity contribution in [3.63, 3.8) is 0 Å². The van der Waals surface area contributed by atoms with E-state index in [0.29, 0.717) is 16.8 Å². The first-order valence-corrected chi connectivity index (χ1v) is 7.21. The van der Waals surface area contributed by atoms with E-state index in [2.05, 4.69) is 16.6 Å². The monoisotopic (exact) mass is 306 g/mol. The van der Waals surface area contributed by atoms with Crippen LogP contribution in [0.1, 0.15) is 31.8 Å². The van der Waals surface area contributed by atoms with Crippen molar-refractivity contribution in [2.24, 2.45) is 0 Å². The molecule has 0 saturated heterocycles. The summed E-state index contributed by atoms with van der Waals surface area (Å²) in [5.74, 6) is 1.77. The molecule has 0 unspecified atom stereocenters. The number of para-hydroxylation sites is 1. The van der Waals surface area contributed by atoms with Crippen LogP contribution in [0.15, 0.2) is 42.5 Å². The maximum atomic E-state index is 12.4. The number of hydrogen-bond donors (Lipinski definition) is 2. The summed E-state index contributed by atoms with van der Waals surface area (Å²) < 4.78 is 0. The van der Waals surface area contributed by atoms with Gasteiger partial charge >= 0.3 is 0 Å². The molecule has 0 fully saturated rings. The highest BCUT2D eigenvalue weighted by atomic mass is 16.2. The summed E-state index contributed by atoms with van der Waals surface area (Å²) in [5.41, 5.74) is 3.40. The summed E-state index contributed by atoms with van der Waals surface area (Å²) in [6, 6.07) is 12.4. The lowest BCUT2D eigenvalue weighted by atomic mass is 10.1. The highest BCUT2D eigenvalue weighted by molar-refractivity contribution is 6.09. The minimum atomic E-state index is -0.320. The van der Waals surface area contributed by atoms with Crippen molar-refractivity contribution in [2.75, 3.05) is 11.9 Å². The highest BCUT2D eigenvalue weighted by Gasteiger charge is 2.14. The Labute approximate surface area is 135 Å². The van der Waals surface area contributed by atoms with Gasteiger partial charge in [0.2, 0.25) is 0 Å². The van der Waals surface area contributed by atoms with Gasteiger partial charge in [0, 0.05) is 5.56 Å². The Morgan fingerprint density at radius 1 is 1.04 bits per heavy atom. The maximum Gasteiger partial charge on any atom is 0.255 e. The van der Waals surface area contributed by atoms with Crippen LogP contribution >= 0.6 is 0 Å². The van der Waals surface area contributed by atoms with Crippen LogP contribution in [0.3, 0.4) is 0 Å². The van der Waals surface area contributed by atoms with Crippen molar-refractivity contribution in [1.29, 1.82) is 0 Å². The zero-order valence-electron chi connectivity index (χ0n) is 13.1. The Morgan fingerprint density at radius 3 is 2.35 bits per heavy atom. The van der Waals surface area contributed by atoms with Crippen molar-refractivity contribution in [3.05, 3.63) is 64.7 Å². The summed E-state index contributed by atoms with van der Waals surface area (Å²) in [4.78, 5) is 24.5. The highest BCUT2D eigenvalue weighted by Crippen LogP contribution is 2.17. The molecular formula is C19H18N2O2. The number of benzene rings is 2. The van der Waals surface area contributed by atoms with E-state index in [9.17, 15) is 9.59 Å². The van der Waals surface area contributed by atoms with Crippen LogP contribution in [-0.2, 0) is 0 Å². The Kier molecular flexibility index (Phi) is 5.16. The fourth-order valence-electron chi connectivity index (χ4n) is 2.32. The molecule has 2 aromatic carbocycles. The first kappa shape index (κ1) is 16.3. The summed E-state index contributed by atoms with van der Waals surface area (Å²) >= 11 is 0. The predicted octanol–water partition coefficient (Wildman–Crippen LogP) is 2.92. The number of hydrogen-bond acceptors (Lipinski definition) is 2. The van der Waals surface area contributed by atoms with Crippen LogP contribution < -0.4 is 10.6 Å². The minimum Gasteiger partial charge on any atom is -0.341 e. The van der Waals surface area contributed by atoms with Gasteiger partial charge in [-0.15, -0.1) is 6.42 Å². The largest absolute Gasteiger partial charge is 0.341 e. The number of nitrogens with one attached hydrogen (secondary N) is 2. The lowest BCUT2D eigenvalue weighted by Crippen LogP contribution is -2.25. The van der Waals surface area contributed by atoms with E-state index in [1.807, 2.05) is 32.0 Å². The molecule has 2 N–H and O–H groups in total. The van der Waals surface area contributed by atoms with Gasteiger partial charge < -0.3 is 10.6 Å².